The maximum absolute atomic E-state index is 5.99. The molecule has 0 bridgehead atoms. The number of nitrogens with one attached hydrogen (secondary N) is 1. The quantitative estimate of drug-likeness (QED) is 0.585. The van der Waals surface area contributed by atoms with E-state index < -0.39 is 0 Å². The molecule has 0 spiro atoms. The topological polar surface area (TPSA) is 38.0 Å². The molecule has 1 fully saturated rings. The molecule has 0 saturated heterocycles. The fourth-order valence-corrected chi connectivity index (χ4v) is 1.62. The second-order valence-corrected chi connectivity index (χ2v) is 3.60. The zero-order chi connectivity index (χ0) is 8.10. The summed E-state index contributed by atoms with van der Waals surface area (Å²) < 4.78 is 0. The van der Waals surface area contributed by atoms with Crippen molar-refractivity contribution in [3.8, 4) is 0 Å². The fraction of sp³-hybridized carbons (Fsp3) is 1.00. The van der Waals surface area contributed by atoms with Crippen molar-refractivity contribution >= 4 is 0 Å². The number of rotatable bonds is 5. The molecule has 1 saturated carbocycles. The van der Waals surface area contributed by atoms with Gasteiger partial charge in [-0.3, -0.25) is 0 Å². The van der Waals surface area contributed by atoms with E-state index in [0.717, 1.165) is 12.5 Å². The number of hydrogen-bond donors (Lipinski definition) is 2. The highest BCUT2D eigenvalue weighted by Crippen LogP contribution is 2.30. The Bertz CT molecular complexity index is 99.7. The standard InChI is InChI=1S/C9H20N2/c1-11-7-3-6-9(10)8-4-2-5-8/h8-9,11H,2-7,10H2,1H3. The van der Waals surface area contributed by atoms with Crippen LogP contribution in [0.3, 0.4) is 0 Å². The predicted octanol–water partition coefficient (Wildman–Crippen LogP) is 1.11. The van der Waals surface area contributed by atoms with Gasteiger partial charge >= 0.3 is 0 Å². The van der Waals surface area contributed by atoms with Crippen LogP contribution in [0.5, 0.6) is 0 Å². The third-order valence-electron chi connectivity index (χ3n) is 2.72. The zero-order valence-electron chi connectivity index (χ0n) is 7.47. The van der Waals surface area contributed by atoms with Crippen LogP contribution in [0.15, 0.2) is 0 Å². The van der Waals surface area contributed by atoms with Gasteiger partial charge in [0, 0.05) is 6.04 Å². The Labute approximate surface area is 69.5 Å². The summed E-state index contributed by atoms with van der Waals surface area (Å²) >= 11 is 0. The average Bonchev–Trinajstić information content (AvgIpc) is 1.84. The maximum Gasteiger partial charge on any atom is 0.00676 e. The van der Waals surface area contributed by atoms with E-state index >= 15 is 0 Å². The van der Waals surface area contributed by atoms with Crippen molar-refractivity contribution in [3.05, 3.63) is 0 Å². The van der Waals surface area contributed by atoms with Crippen LogP contribution in [0, 0.1) is 5.92 Å². The van der Waals surface area contributed by atoms with Crippen molar-refractivity contribution in [2.24, 2.45) is 11.7 Å². The van der Waals surface area contributed by atoms with Gasteiger partial charge in [0.1, 0.15) is 0 Å². The first kappa shape index (κ1) is 9.01. The van der Waals surface area contributed by atoms with Gasteiger partial charge in [0.2, 0.25) is 0 Å². The summed E-state index contributed by atoms with van der Waals surface area (Å²) in [5, 5.41) is 3.14. The lowest BCUT2D eigenvalue weighted by molar-refractivity contribution is 0.250. The average molecular weight is 156 g/mol. The lowest BCUT2D eigenvalue weighted by Gasteiger charge is -2.31. The molecule has 0 aliphatic heterocycles. The van der Waals surface area contributed by atoms with E-state index in [4.69, 9.17) is 5.73 Å². The monoisotopic (exact) mass is 156 g/mol. The van der Waals surface area contributed by atoms with Crippen molar-refractivity contribution in [2.45, 2.75) is 38.1 Å². The molecule has 1 aliphatic rings. The van der Waals surface area contributed by atoms with E-state index in [0.29, 0.717) is 6.04 Å². The highest BCUT2D eigenvalue weighted by Gasteiger charge is 2.23. The molecule has 0 heterocycles. The van der Waals surface area contributed by atoms with Gasteiger partial charge in [-0.05, 0) is 45.2 Å². The van der Waals surface area contributed by atoms with Crippen LogP contribution < -0.4 is 11.1 Å². The van der Waals surface area contributed by atoms with Gasteiger partial charge in [-0.25, -0.2) is 0 Å². The summed E-state index contributed by atoms with van der Waals surface area (Å²) in [5.41, 5.74) is 5.99. The Hall–Kier alpha value is -0.0800. The van der Waals surface area contributed by atoms with Crippen molar-refractivity contribution in [2.75, 3.05) is 13.6 Å². The molecule has 3 N–H and O–H groups in total. The SMILES string of the molecule is CNCCCC(N)C1CCC1. The maximum atomic E-state index is 5.99. The van der Waals surface area contributed by atoms with Crippen molar-refractivity contribution in [3.63, 3.8) is 0 Å². The van der Waals surface area contributed by atoms with E-state index in [-0.39, 0.29) is 0 Å². The van der Waals surface area contributed by atoms with Crippen LogP contribution in [0.1, 0.15) is 32.1 Å². The van der Waals surface area contributed by atoms with Crippen LogP contribution in [0.25, 0.3) is 0 Å². The third-order valence-corrected chi connectivity index (χ3v) is 2.72. The molecule has 0 aromatic rings. The van der Waals surface area contributed by atoms with Gasteiger partial charge in [-0.1, -0.05) is 6.42 Å². The first-order chi connectivity index (χ1) is 5.34. The van der Waals surface area contributed by atoms with Crippen molar-refractivity contribution in [1.29, 1.82) is 0 Å². The molecule has 1 unspecified atom stereocenters. The molecule has 66 valence electrons. The van der Waals surface area contributed by atoms with Crippen LogP contribution >= 0.6 is 0 Å². The molecule has 2 heteroatoms. The van der Waals surface area contributed by atoms with Gasteiger partial charge in [0.25, 0.3) is 0 Å². The molecule has 2 nitrogen and oxygen atoms in total. The van der Waals surface area contributed by atoms with E-state index in [2.05, 4.69) is 5.32 Å². The van der Waals surface area contributed by atoms with Crippen LogP contribution in [0.4, 0.5) is 0 Å². The molecule has 1 atom stereocenters. The highest BCUT2D eigenvalue weighted by molar-refractivity contribution is 4.79. The van der Waals surface area contributed by atoms with E-state index in [9.17, 15) is 0 Å². The van der Waals surface area contributed by atoms with Gasteiger partial charge in [-0.2, -0.15) is 0 Å². The summed E-state index contributed by atoms with van der Waals surface area (Å²) in [6.45, 7) is 1.11. The first-order valence-electron chi connectivity index (χ1n) is 4.74. The van der Waals surface area contributed by atoms with E-state index in [1.807, 2.05) is 7.05 Å². The smallest absolute Gasteiger partial charge is 0.00676 e. The molecular weight excluding hydrogens is 136 g/mol. The fourth-order valence-electron chi connectivity index (χ4n) is 1.62. The minimum Gasteiger partial charge on any atom is -0.327 e. The predicted molar refractivity (Wildman–Crippen MR) is 48.5 cm³/mol. The molecule has 0 aromatic carbocycles. The third kappa shape index (κ3) is 2.80. The van der Waals surface area contributed by atoms with Crippen LogP contribution in [0.2, 0.25) is 0 Å². The van der Waals surface area contributed by atoms with E-state index in [1.165, 1.54) is 32.1 Å². The van der Waals surface area contributed by atoms with Gasteiger partial charge in [0.15, 0.2) is 0 Å². The van der Waals surface area contributed by atoms with Gasteiger partial charge in [-0.15, -0.1) is 0 Å². The lowest BCUT2D eigenvalue weighted by atomic mass is 9.78. The Balaban J connectivity index is 1.96. The van der Waals surface area contributed by atoms with Crippen LogP contribution in [-0.2, 0) is 0 Å². The zero-order valence-corrected chi connectivity index (χ0v) is 7.47. The molecule has 1 aliphatic carbocycles. The Kier molecular flexibility index (Phi) is 3.87. The second kappa shape index (κ2) is 4.73. The number of hydrogen-bond acceptors (Lipinski definition) is 2. The summed E-state index contributed by atoms with van der Waals surface area (Å²) in [4.78, 5) is 0. The minimum absolute atomic E-state index is 0.483. The summed E-state index contributed by atoms with van der Waals surface area (Å²) in [7, 11) is 1.99. The molecule has 0 aromatic heterocycles. The normalized spacial score (nSPS) is 21.3. The molecular formula is C9H20N2. The Morgan fingerprint density at radius 3 is 2.73 bits per heavy atom. The lowest BCUT2D eigenvalue weighted by Crippen LogP contribution is -2.34. The van der Waals surface area contributed by atoms with Crippen molar-refractivity contribution < 1.29 is 0 Å². The number of nitrogens with two attached hydrogens (primary N) is 1. The van der Waals surface area contributed by atoms with E-state index in [1.54, 1.807) is 0 Å². The second-order valence-electron chi connectivity index (χ2n) is 3.60. The van der Waals surface area contributed by atoms with Crippen molar-refractivity contribution in [1.82, 2.24) is 5.32 Å². The summed E-state index contributed by atoms with van der Waals surface area (Å²) in [6.07, 6.45) is 6.59. The first-order valence-corrected chi connectivity index (χ1v) is 4.74. The highest BCUT2D eigenvalue weighted by atomic mass is 14.8. The van der Waals surface area contributed by atoms with Crippen LogP contribution in [-0.4, -0.2) is 19.6 Å². The van der Waals surface area contributed by atoms with Gasteiger partial charge < -0.3 is 11.1 Å². The summed E-state index contributed by atoms with van der Waals surface area (Å²) in [5.74, 6) is 0.854. The molecule has 0 amide bonds. The molecule has 0 radical (unpaired) electrons. The van der Waals surface area contributed by atoms with Gasteiger partial charge in [0.05, 0.1) is 0 Å². The molecule has 11 heavy (non-hydrogen) atoms. The Morgan fingerprint density at radius 2 is 2.27 bits per heavy atom. The Morgan fingerprint density at radius 1 is 1.55 bits per heavy atom. The largest absolute Gasteiger partial charge is 0.327 e. The minimum atomic E-state index is 0.483. The molecule has 1 rings (SSSR count). The summed E-state index contributed by atoms with van der Waals surface area (Å²) in [6, 6.07) is 0.483.